The zero-order valence-corrected chi connectivity index (χ0v) is 41.4. The van der Waals surface area contributed by atoms with E-state index in [4.69, 9.17) is 19.4 Å². The molecule has 17 nitrogen and oxygen atoms in total. The molecular formula is C49H70N10O7S. The fraction of sp³-hybridized carbons (Fsp3) is 0.551. The number of hydrogen-bond acceptors (Lipinski definition) is 12. The molecule has 1 aromatic carbocycles. The Morgan fingerprint density at radius 1 is 1.13 bits per heavy atom. The lowest BCUT2D eigenvalue weighted by atomic mass is 9.84. The van der Waals surface area contributed by atoms with Crippen LogP contribution in [0.5, 0.6) is 0 Å². The summed E-state index contributed by atoms with van der Waals surface area (Å²) in [5, 5.41) is 21.4. The van der Waals surface area contributed by atoms with Crippen LogP contribution in [-0.4, -0.2) is 150 Å². The number of nitrogens with one attached hydrogen (secondary N) is 3. The fourth-order valence-electron chi connectivity index (χ4n) is 9.42. The van der Waals surface area contributed by atoms with Gasteiger partial charge in [-0.3, -0.25) is 29.3 Å². The van der Waals surface area contributed by atoms with Gasteiger partial charge < -0.3 is 39.6 Å². The van der Waals surface area contributed by atoms with Crippen molar-refractivity contribution < 1.29 is 33.8 Å². The predicted octanol–water partition coefficient (Wildman–Crippen LogP) is 5.20. The number of hydrazine groups is 1. The van der Waals surface area contributed by atoms with Gasteiger partial charge in [-0.05, 0) is 107 Å². The highest BCUT2D eigenvalue weighted by Crippen LogP contribution is 2.42. The predicted molar refractivity (Wildman–Crippen MR) is 261 cm³/mol. The average molecular weight is 943 g/mol. The van der Waals surface area contributed by atoms with Gasteiger partial charge >= 0.3 is 6.03 Å². The number of aromatic nitrogens is 3. The van der Waals surface area contributed by atoms with Crippen molar-refractivity contribution >= 4 is 46.0 Å². The second-order valence-electron chi connectivity index (χ2n) is 18.7. The molecule has 0 saturated carbocycles. The average Bonchev–Trinajstić information content (AvgIpc) is 4.05. The number of likely N-dealkylation sites (N-methyl/N-ethyl adjacent to an activating group) is 2. The molecule has 0 radical (unpaired) electrons. The van der Waals surface area contributed by atoms with Gasteiger partial charge in [-0.25, -0.2) is 15.2 Å². The second kappa shape index (κ2) is 22.7. The Morgan fingerprint density at radius 3 is 2.60 bits per heavy atom. The number of ether oxygens (including phenoxy) is 2. The van der Waals surface area contributed by atoms with Crippen molar-refractivity contribution in [2.75, 3.05) is 68.1 Å². The first-order chi connectivity index (χ1) is 32.0. The van der Waals surface area contributed by atoms with Crippen molar-refractivity contribution in [3.8, 4) is 22.5 Å². The molecule has 364 valence electrons. The quantitative estimate of drug-likeness (QED) is 0.0675. The zero-order valence-electron chi connectivity index (χ0n) is 40.6. The van der Waals surface area contributed by atoms with Crippen LogP contribution in [0.4, 0.5) is 4.79 Å². The second-order valence-corrected chi connectivity index (χ2v) is 19.6. The zero-order chi connectivity index (χ0) is 48.6. The van der Waals surface area contributed by atoms with E-state index in [1.807, 2.05) is 18.4 Å². The number of urea groups is 1. The summed E-state index contributed by atoms with van der Waals surface area (Å²) < 4.78 is 13.8. The third-order valence-electron chi connectivity index (χ3n) is 12.8. The molecule has 6 rings (SSSR count). The highest BCUT2D eigenvalue weighted by Gasteiger charge is 2.36. The lowest BCUT2D eigenvalue weighted by molar-refractivity contribution is -0.146. The van der Waals surface area contributed by atoms with E-state index in [1.165, 1.54) is 32.9 Å². The maximum atomic E-state index is 14.3. The van der Waals surface area contributed by atoms with Gasteiger partial charge in [0.15, 0.2) is 6.17 Å². The van der Waals surface area contributed by atoms with Crippen LogP contribution in [0.1, 0.15) is 75.7 Å². The van der Waals surface area contributed by atoms with Gasteiger partial charge in [-0.1, -0.05) is 26.5 Å². The molecule has 18 heteroatoms. The van der Waals surface area contributed by atoms with Gasteiger partial charge in [0.05, 0.1) is 34.8 Å². The molecule has 0 unspecified atom stereocenters. The van der Waals surface area contributed by atoms with Gasteiger partial charge in [-0.2, -0.15) is 0 Å². The smallest absolute Gasteiger partial charge is 0.318 e. The molecule has 3 aromatic heterocycles. The number of carbonyl (C=O) groups is 4. The Balaban J connectivity index is 1.27. The van der Waals surface area contributed by atoms with E-state index in [0.29, 0.717) is 57.1 Å². The van der Waals surface area contributed by atoms with Gasteiger partial charge in [0.2, 0.25) is 5.91 Å². The van der Waals surface area contributed by atoms with E-state index in [-0.39, 0.29) is 29.8 Å². The first kappa shape index (κ1) is 51.2. The molecule has 5 heterocycles. The summed E-state index contributed by atoms with van der Waals surface area (Å²) in [6.45, 7) is 15.4. The molecule has 2 saturated heterocycles. The van der Waals surface area contributed by atoms with E-state index in [2.05, 4.69) is 72.2 Å². The number of aryl methyl sites for hydroxylation is 1. The minimum Gasteiger partial charge on any atom is -0.384 e. The molecule has 5 amide bonds. The summed E-state index contributed by atoms with van der Waals surface area (Å²) in [5.74, 6) is -0.827. The summed E-state index contributed by atoms with van der Waals surface area (Å²) >= 11 is 1.40. The van der Waals surface area contributed by atoms with Gasteiger partial charge in [0, 0.05) is 94.0 Å². The van der Waals surface area contributed by atoms with E-state index in [1.54, 1.807) is 51.4 Å². The van der Waals surface area contributed by atoms with Crippen LogP contribution in [0.3, 0.4) is 0 Å². The van der Waals surface area contributed by atoms with Crippen LogP contribution in [0.15, 0.2) is 54.6 Å². The maximum Gasteiger partial charge on any atom is 0.318 e. The molecule has 4 N–H and O–H groups in total. The minimum atomic E-state index is -1.08. The van der Waals surface area contributed by atoms with Crippen LogP contribution in [0, 0.1) is 11.3 Å². The molecule has 0 spiro atoms. The summed E-state index contributed by atoms with van der Waals surface area (Å²) in [4.78, 5) is 68.6. The van der Waals surface area contributed by atoms with E-state index in [9.17, 15) is 24.3 Å². The van der Waals surface area contributed by atoms with E-state index < -0.39 is 36.3 Å². The number of amides is 5. The first-order valence-electron chi connectivity index (χ1n) is 23.2. The van der Waals surface area contributed by atoms with Crippen molar-refractivity contribution in [3.63, 3.8) is 0 Å². The number of methoxy groups -OCH3 is 2. The lowest BCUT2D eigenvalue weighted by Gasteiger charge is -2.36. The number of nitrogens with zero attached hydrogens (tertiary/aromatic N) is 7. The van der Waals surface area contributed by atoms with Crippen molar-refractivity contribution in [2.24, 2.45) is 11.3 Å². The molecule has 67 heavy (non-hydrogen) atoms. The topological polar surface area (TPSA) is 187 Å². The molecule has 0 bridgehead atoms. The molecule has 2 aliphatic rings. The van der Waals surface area contributed by atoms with Crippen molar-refractivity contribution in [3.05, 3.63) is 70.8 Å². The number of thiazole rings is 1. The Hall–Kier alpha value is -5.24. The normalized spacial score (nSPS) is 18.0. The summed E-state index contributed by atoms with van der Waals surface area (Å²) in [7, 11) is 8.35. The number of benzene rings is 1. The standard InChI is InChI=1S/C49H70N10O7S/c1-11-42(61)57-24-20-32(28-57)19-22-51-48(64)56(8)46(55(6)7)45(62)53-37(47(63)59-23-14-16-40(60)54-59)26-41-52-38(29-67-41)33-17-18-39-35(25-33)36(27-49(4,5)30-65-9)44(58(39)12-2)34-15-13-21-50-43(34)31(3)66-10/h11,13,15,17-18,21,25,29,31-32,37,40,46,54,60H,1,12,14,16,19-20,22-24,26-28,30H2,2-10H3,(H,51,64)(H,53,62)/t31-,32+,37-,40+,46+/m0/s1. The number of aliphatic hydroxyl groups excluding tert-OH is 1. The van der Waals surface area contributed by atoms with Gasteiger partial charge in [0.1, 0.15) is 12.3 Å². The van der Waals surface area contributed by atoms with Crippen LogP contribution >= 0.6 is 11.3 Å². The SMILES string of the molecule is C=CC(=O)N1CC[C@@H](CCNC(=O)N(C)[C@H](C(=O)N[C@@H](Cc2nc(-c3ccc4c(c3)c(CC(C)(C)COC)c(-c3cccnc3[C@H](C)OC)n4CC)cs2)C(=O)N2CCC[C@@H](O)N2)N(C)C)C1. The third kappa shape index (κ3) is 12.1. The van der Waals surface area contributed by atoms with Gasteiger partial charge in [-0.15, -0.1) is 11.3 Å². The number of carbonyl (C=O) groups excluding carboxylic acids is 4. The summed E-state index contributed by atoms with van der Waals surface area (Å²) in [6, 6.07) is 8.96. The molecule has 2 aliphatic heterocycles. The molecule has 2 fully saturated rings. The van der Waals surface area contributed by atoms with Crippen LogP contribution < -0.4 is 16.1 Å². The molecule has 5 atom stereocenters. The number of likely N-dealkylation sites (tertiary alicyclic amines) is 1. The largest absolute Gasteiger partial charge is 0.384 e. The Labute approximate surface area is 398 Å². The number of hydrogen-bond donors (Lipinski definition) is 4. The van der Waals surface area contributed by atoms with Crippen LogP contribution in [0.25, 0.3) is 33.4 Å². The Bertz CT molecular complexity index is 2380. The molecule has 0 aliphatic carbocycles. The molecular weight excluding hydrogens is 873 g/mol. The van der Waals surface area contributed by atoms with Gasteiger partial charge in [0.25, 0.3) is 11.8 Å². The number of pyridine rings is 1. The Morgan fingerprint density at radius 2 is 1.91 bits per heavy atom. The summed E-state index contributed by atoms with van der Waals surface area (Å²) in [6.07, 6.45) is 4.31. The highest BCUT2D eigenvalue weighted by molar-refractivity contribution is 7.10. The summed E-state index contributed by atoms with van der Waals surface area (Å²) in [5.41, 5.74) is 9.53. The Kier molecular flexibility index (Phi) is 17.3. The third-order valence-corrected chi connectivity index (χ3v) is 13.7. The fourth-order valence-corrected chi connectivity index (χ4v) is 10.3. The lowest BCUT2D eigenvalue weighted by Crippen LogP contribution is -2.62. The van der Waals surface area contributed by atoms with E-state index in [0.717, 1.165) is 58.5 Å². The van der Waals surface area contributed by atoms with Crippen molar-refractivity contribution in [1.29, 1.82) is 0 Å². The number of fused-ring (bicyclic) bond motifs is 1. The van der Waals surface area contributed by atoms with E-state index >= 15 is 0 Å². The number of rotatable bonds is 20. The molecule has 4 aromatic rings. The monoisotopic (exact) mass is 943 g/mol. The minimum absolute atomic E-state index is 0.0723. The van der Waals surface area contributed by atoms with Crippen molar-refractivity contribution in [1.82, 2.24) is 50.3 Å². The van der Waals surface area contributed by atoms with Crippen molar-refractivity contribution in [2.45, 2.75) is 97.3 Å². The van der Waals surface area contributed by atoms with Crippen LogP contribution in [-0.2, 0) is 43.2 Å². The number of aliphatic hydroxyl groups is 1. The first-order valence-corrected chi connectivity index (χ1v) is 24.1. The maximum absolute atomic E-state index is 14.3. The van der Waals surface area contributed by atoms with Crippen LogP contribution in [0.2, 0.25) is 0 Å². The highest BCUT2D eigenvalue weighted by atomic mass is 32.1.